The molecule has 0 atom stereocenters. The second-order valence-electron chi connectivity index (χ2n) is 30.2. The van der Waals surface area contributed by atoms with Crippen LogP contribution in [-0.4, -0.2) is 278 Å². The van der Waals surface area contributed by atoms with E-state index < -0.39 is 0 Å². The van der Waals surface area contributed by atoms with Gasteiger partial charge in [0.25, 0.3) is 0 Å². The summed E-state index contributed by atoms with van der Waals surface area (Å²) < 4.78 is 8.94. The fraction of sp³-hybridized carbons (Fsp3) is 0.412. The van der Waals surface area contributed by atoms with Gasteiger partial charge in [0.2, 0.25) is 23.8 Å². The predicted molar refractivity (Wildman–Crippen MR) is 450 cm³/mol. The number of rotatable bonds is 12. The Morgan fingerprint density at radius 2 is 0.625 bits per heavy atom. The Morgan fingerprint density at radius 3 is 0.964 bits per heavy atom. The van der Waals surface area contributed by atoms with E-state index in [9.17, 15) is 0 Å². The summed E-state index contributed by atoms with van der Waals surface area (Å²) in [6, 6.07) is 24.9. The number of aryl methyl sites for hydroxylation is 1. The molecule has 20 rings (SSSR count). The molecular weight excluding hydrogens is 1430 g/mol. The van der Waals surface area contributed by atoms with Gasteiger partial charge in [0.1, 0.15) is 45.9 Å². The summed E-state index contributed by atoms with van der Waals surface area (Å²) in [6.07, 6.45) is 17.2. The summed E-state index contributed by atoms with van der Waals surface area (Å²) in [6.45, 7) is 28.3. The third-order valence-corrected chi connectivity index (χ3v) is 22.8. The lowest BCUT2D eigenvalue weighted by Crippen LogP contribution is -2.44. The molecule has 32 heteroatoms. The average molecular weight is 1520 g/mol. The number of anilines is 12. The highest BCUT2D eigenvalue weighted by Crippen LogP contribution is 2.31. The lowest BCUT2D eigenvalue weighted by Gasteiger charge is -2.33. The Hall–Kier alpha value is -11.3. The number of piperazine rings is 4. The first-order chi connectivity index (χ1) is 54.7. The third kappa shape index (κ3) is 16.4. The SMILES string of the molecule is CC1=NCCn2c1cc1cnc(Nc3ccc(N4CCN(C)CC4)cn3)nc12.CC1=NCCn2c1cc1cnc(Nc3ccc(N4CCN(C)CC4)cn3)nc12.CN1CCN(c2ccc(Nc3ncc4cc5n(c4n3)CCCC5=S)nc2)CC1.CN1CCN(c2ccc(Nc3ncc4cc5n(c4n3)CCN(C)C5)nc2)CC1. The van der Waals surface area contributed by atoms with Crippen molar-refractivity contribution in [1.29, 1.82) is 0 Å². The molecule has 4 saturated heterocycles. The van der Waals surface area contributed by atoms with Gasteiger partial charge in [-0.15, -0.1) is 0 Å². The maximum atomic E-state index is 5.51. The average Bonchev–Trinajstić information content (AvgIpc) is 1.64. The number of nitrogens with one attached hydrogen (secondary N) is 4. The zero-order valence-electron chi connectivity index (χ0n) is 64.9. The van der Waals surface area contributed by atoms with E-state index in [1.165, 1.54) is 11.4 Å². The molecule has 0 aliphatic carbocycles. The normalized spacial score (nSPS) is 17.8. The van der Waals surface area contributed by atoms with Crippen molar-refractivity contribution in [3.8, 4) is 0 Å². The minimum Gasteiger partial charge on any atom is -0.368 e. The quantitative estimate of drug-likeness (QED) is 0.0831. The first-order valence-corrected chi connectivity index (χ1v) is 39.4. The number of hydrogen-bond donors (Lipinski definition) is 4. The van der Waals surface area contributed by atoms with Crippen molar-refractivity contribution in [2.24, 2.45) is 9.98 Å². The van der Waals surface area contributed by atoms with E-state index in [1.54, 1.807) is 0 Å². The van der Waals surface area contributed by atoms with E-state index in [-0.39, 0.29) is 0 Å². The lowest BCUT2D eigenvalue weighted by molar-refractivity contribution is 0.272. The molecule has 31 nitrogen and oxygen atoms in total. The van der Waals surface area contributed by atoms with Crippen molar-refractivity contribution in [1.82, 2.24) is 103 Å². The second kappa shape index (κ2) is 32.6. The monoisotopic (exact) mass is 1520 g/mol. The minimum absolute atomic E-state index is 0.560. The summed E-state index contributed by atoms with van der Waals surface area (Å²) >= 11 is 5.51. The number of hydrogen-bond acceptors (Lipinski definition) is 28. The zero-order chi connectivity index (χ0) is 76.3. The van der Waals surface area contributed by atoms with E-state index in [0.717, 1.165) is 288 Å². The number of aliphatic imine (C=N–C) groups is 2. The maximum Gasteiger partial charge on any atom is 0.230 e. The molecule has 12 aromatic rings. The van der Waals surface area contributed by atoms with Crippen molar-refractivity contribution in [2.45, 2.75) is 59.4 Å². The molecule has 0 amide bonds. The van der Waals surface area contributed by atoms with E-state index in [0.29, 0.717) is 23.8 Å². The third-order valence-electron chi connectivity index (χ3n) is 22.3. The Balaban J connectivity index is 0.000000108. The number of aromatic nitrogens is 16. The van der Waals surface area contributed by atoms with Gasteiger partial charge >= 0.3 is 0 Å². The van der Waals surface area contributed by atoms with Crippen molar-refractivity contribution >= 4 is 142 Å². The fourth-order valence-corrected chi connectivity index (χ4v) is 15.9. The molecule has 4 N–H and O–H groups in total. The van der Waals surface area contributed by atoms with Gasteiger partial charge in [-0.3, -0.25) is 14.9 Å². The van der Waals surface area contributed by atoms with Gasteiger partial charge in [0, 0.05) is 201 Å². The van der Waals surface area contributed by atoms with E-state index in [4.69, 9.17) is 32.2 Å². The van der Waals surface area contributed by atoms with Crippen molar-refractivity contribution in [3.63, 3.8) is 0 Å². The highest BCUT2D eigenvalue weighted by Gasteiger charge is 2.25. The van der Waals surface area contributed by atoms with Gasteiger partial charge < -0.3 is 78.7 Å². The molecule has 8 aliphatic rings. The summed E-state index contributed by atoms with van der Waals surface area (Å²) in [5, 5.41) is 17.2. The predicted octanol–water partition coefficient (Wildman–Crippen LogP) is 8.89. The smallest absolute Gasteiger partial charge is 0.230 e. The molecule has 12 aromatic heterocycles. The zero-order valence-corrected chi connectivity index (χ0v) is 65.7. The highest BCUT2D eigenvalue weighted by atomic mass is 32.1. The van der Waals surface area contributed by atoms with E-state index >= 15 is 0 Å². The maximum absolute atomic E-state index is 5.51. The van der Waals surface area contributed by atoms with Crippen LogP contribution in [0.4, 0.5) is 69.8 Å². The molecule has 0 radical (unpaired) electrons. The first kappa shape index (κ1) is 73.5. The molecule has 0 spiro atoms. The molecule has 0 aromatic carbocycles. The lowest BCUT2D eigenvalue weighted by atomic mass is 10.1. The molecule has 20 heterocycles. The number of nitrogens with zero attached hydrogens (tertiary/aromatic N) is 27. The number of pyridine rings is 4. The molecule has 0 unspecified atom stereocenters. The van der Waals surface area contributed by atoms with E-state index in [2.05, 4.69) is 217 Å². The first-order valence-electron chi connectivity index (χ1n) is 39.0. The summed E-state index contributed by atoms with van der Waals surface area (Å²) in [7, 11) is 10.8. The molecule has 578 valence electrons. The Bertz CT molecular complexity index is 5060. The Morgan fingerprint density at radius 1 is 0.312 bits per heavy atom. The Labute approximate surface area is 656 Å². The van der Waals surface area contributed by atoms with Gasteiger partial charge in [0.05, 0.1) is 89.1 Å². The second-order valence-corrected chi connectivity index (χ2v) is 30.7. The standard InChI is InChI=1S/C20H26N8.2C20H24N8.C20H23N7S/c1-25-5-8-27(9-6-25)16-3-4-18(21-13-16)23-20-22-12-15-11-17-14-26(2)7-10-28(17)19(15)24-20;2*1-14-17-11-15-12-23-20(25-19(15)28(17)6-5-21-14)24-18-4-3-16(13-22-18)27-9-7-26(2)8-10-27;1-25-7-9-26(10-8-25)15-4-5-18(21-13-15)23-20-22-12-14-11-16-17(28)3-2-6-27(16)19(14)24-20/h3-4,11-13H,5-10,14H2,1-2H3,(H,21,22,23,24);2*3-4,11-13H,5-10H2,1-2H3,(H,22,23,24,25);4-5,11-13H,2-3,6-10H2,1H3,(H,21,22,23,24). The topological polar surface area (TPSA) is 276 Å². The fourth-order valence-electron chi connectivity index (χ4n) is 15.6. The Kier molecular flexibility index (Phi) is 21.4. The molecular formula is C80H97N31S. The number of thiocarbonyl (C=S) groups is 1. The van der Waals surface area contributed by atoms with Crippen molar-refractivity contribution in [2.75, 3.05) is 200 Å². The van der Waals surface area contributed by atoms with Gasteiger partial charge in [-0.2, -0.15) is 19.9 Å². The largest absolute Gasteiger partial charge is 0.368 e. The summed E-state index contributed by atoms with van der Waals surface area (Å²) in [5.41, 5.74) is 15.2. The summed E-state index contributed by atoms with van der Waals surface area (Å²) in [5.74, 6) is 5.29. The highest BCUT2D eigenvalue weighted by molar-refractivity contribution is 7.80. The molecule has 8 aliphatic heterocycles. The number of likely N-dealkylation sites (N-methyl/N-ethyl adjacent to an activating group) is 5. The summed E-state index contributed by atoms with van der Waals surface area (Å²) in [4.78, 5) is 86.3. The molecule has 0 bridgehead atoms. The van der Waals surface area contributed by atoms with Crippen molar-refractivity contribution < 1.29 is 0 Å². The van der Waals surface area contributed by atoms with Crippen LogP contribution in [0.5, 0.6) is 0 Å². The van der Waals surface area contributed by atoms with Crippen LogP contribution >= 0.6 is 12.2 Å². The van der Waals surface area contributed by atoms with Crippen LogP contribution < -0.4 is 40.9 Å². The van der Waals surface area contributed by atoms with Crippen LogP contribution in [0.3, 0.4) is 0 Å². The van der Waals surface area contributed by atoms with Crippen LogP contribution in [0.1, 0.15) is 49.5 Å². The minimum atomic E-state index is 0.560. The van der Waals surface area contributed by atoms with Crippen LogP contribution in [0, 0.1) is 0 Å². The van der Waals surface area contributed by atoms with Crippen LogP contribution in [0.25, 0.3) is 44.1 Å². The van der Waals surface area contributed by atoms with Crippen LogP contribution in [0.2, 0.25) is 0 Å². The van der Waals surface area contributed by atoms with Gasteiger partial charge in [0.15, 0.2) is 0 Å². The van der Waals surface area contributed by atoms with Crippen LogP contribution in [0.15, 0.2) is 132 Å². The number of fused-ring (bicyclic) bond motifs is 12. The molecule has 112 heavy (non-hydrogen) atoms. The van der Waals surface area contributed by atoms with Gasteiger partial charge in [-0.1, -0.05) is 12.2 Å². The van der Waals surface area contributed by atoms with Gasteiger partial charge in [-0.05, 0) is 135 Å². The van der Waals surface area contributed by atoms with Gasteiger partial charge in [-0.25, -0.2) is 39.9 Å². The molecule has 0 saturated carbocycles. The van der Waals surface area contributed by atoms with Crippen molar-refractivity contribution in [3.05, 3.63) is 145 Å². The van der Waals surface area contributed by atoms with E-state index in [1.807, 2.05) is 87.7 Å². The van der Waals surface area contributed by atoms with Crippen LogP contribution in [-0.2, 0) is 32.7 Å². The molecule has 4 fully saturated rings.